The molecule has 0 aromatic heterocycles. The van der Waals surface area contributed by atoms with E-state index in [1.165, 1.54) is 0 Å². The zero-order chi connectivity index (χ0) is 14.0. The van der Waals surface area contributed by atoms with E-state index in [0.29, 0.717) is 12.1 Å². The average molecular weight is 313 g/mol. The SMILES string of the molecule is O=C(O)c1cc(C(=O)O)c(C(=O)O)cc1C(=O)O.[Co]. The Morgan fingerprint density at radius 3 is 0.842 bits per heavy atom. The number of carboxylic acid groups (broad SMARTS) is 4. The molecule has 0 heterocycles. The minimum Gasteiger partial charge on any atom is -0.478 e. The Hall–Kier alpha value is -2.39. The van der Waals surface area contributed by atoms with Gasteiger partial charge in [-0.1, -0.05) is 0 Å². The first kappa shape index (κ1) is 16.6. The third kappa shape index (κ3) is 3.30. The monoisotopic (exact) mass is 313 g/mol. The molecular formula is C10H6CoO8. The summed E-state index contributed by atoms with van der Waals surface area (Å²) in [7, 11) is 0. The predicted octanol–water partition coefficient (Wildman–Crippen LogP) is 0.477. The topological polar surface area (TPSA) is 149 Å². The van der Waals surface area contributed by atoms with Crippen LogP contribution in [0.1, 0.15) is 41.4 Å². The van der Waals surface area contributed by atoms with Gasteiger partial charge in [0.2, 0.25) is 0 Å². The molecule has 103 valence electrons. The molecule has 9 heteroatoms. The molecule has 1 aromatic carbocycles. The minimum atomic E-state index is -1.66. The van der Waals surface area contributed by atoms with Crippen LogP contribution in [0.2, 0.25) is 0 Å². The number of benzene rings is 1. The van der Waals surface area contributed by atoms with Crippen LogP contribution < -0.4 is 0 Å². The van der Waals surface area contributed by atoms with Crippen LogP contribution in [0.5, 0.6) is 0 Å². The number of hydrogen-bond donors (Lipinski definition) is 4. The molecule has 19 heavy (non-hydrogen) atoms. The van der Waals surface area contributed by atoms with Crippen LogP contribution in [0.25, 0.3) is 0 Å². The summed E-state index contributed by atoms with van der Waals surface area (Å²) in [5.41, 5.74) is -3.15. The van der Waals surface area contributed by atoms with Gasteiger partial charge in [0.1, 0.15) is 0 Å². The van der Waals surface area contributed by atoms with Crippen molar-refractivity contribution in [3.05, 3.63) is 34.4 Å². The summed E-state index contributed by atoms with van der Waals surface area (Å²) < 4.78 is 0. The van der Waals surface area contributed by atoms with Crippen molar-refractivity contribution in [3.8, 4) is 0 Å². The molecule has 0 unspecified atom stereocenters. The fourth-order valence-electron chi connectivity index (χ4n) is 1.31. The van der Waals surface area contributed by atoms with Gasteiger partial charge in [-0.15, -0.1) is 0 Å². The predicted molar refractivity (Wildman–Crippen MR) is 54.3 cm³/mol. The molecule has 0 aliphatic carbocycles. The third-order valence-electron chi connectivity index (χ3n) is 2.08. The number of hydrogen-bond acceptors (Lipinski definition) is 4. The largest absolute Gasteiger partial charge is 0.478 e. The number of carbonyl (C=O) groups is 4. The molecule has 0 aliphatic heterocycles. The smallest absolute Gasteiger partial charge is 0.336 e. The van der Waals surface area contributed by atoms with E-state index in [1.54, 1.807) is 0 Å². The standard InChI is InChI=1S/C10H6O8.Co/c11-7(12)3-1-4(8(13)14)6(10(17)18)2-5(3)9(15)16;/h1-2H,(H,11,12)(H,13,14)(H,15,16)(H,17,18);. The van der Waals surface area contributed by atoms with Gasteiger partial charge >= 0.3 is 23.9 Å². The van der Waals surface area contributed by atoms with E-state index in [4.69, 9.17) is 20.4 Å². The van der Waals surface area contributed by atoms with Gasteiger partial charge in [0, 0.05) is 16.8 Å². The first-order valence-electron chi connectivity index (χ1n) is 4.37. The van der Waals surface area contributed by atoms with E-state index in [-0.39, 0.29) is 16.8 Å². The van der Waals surface area contributed by atoms with Crippen LogP contribution >= 0.6 is 0 Å². The second kappa shape index (κ2) is 5.97. The van der Waals surface area contributed by atoms with Gasteiger partial charge < -0.3 is 20.4 Å². The van der Waals surface area contributed by atoms with Crippen LogP contribution in [0.15, 0.2) is 12.1 Å². The first-order valence-corrected chi connectivity index (χ1v) is 4.37. The maximum absolute atomic E-state index is 10.8. The normalized spacial score (nSPS) is 9.26. The summed E-state index contributed by atoms with van der Waals surface area (Å²) in [5, 5.41) is 35.0. The maximum atomic E-state index is 10.8. The van der Waals surface area contributed by atoms with Crippen molar-refractivity contribution in [1.82, 2.24) is 0 Å². The number of aromatic carboxylic acids is 4. The Balaban J connectivity index is 0.00000324. The molecule has 8 nitrogen and oxygen atoms in total. The summed E-state index contributed by atoms with van der Waals surface area (Å²) in [5.74, 6) is -6.64. The molecule has 0 spiro atoms. The Labute approximate surface area is 115 Å². The Morgan fingerprint density at radius 2 is 0.737 bits per heavy atom. The summed E-state index contributed by atoms with van der Waals surface area (Å²) in [4.78, 5) is 43.1. The molecule has 4 N–H and O–H groups in total. The molecule has 0 fully saturated rings. The Morgan fingerprint density at radius 1 is 0.579 bits per heavy atom. The molecule has 0 aliphatic rings. The van der Waals surface area contributed by atoms with Gasteiger partial charge in [-0.3, -0.25) is 0 Å². The molecule has 0 saturated carbocycles. The van der Waals surface area contributed by atoms with Crippen molar-refractivity contribution in [1.29, 1.82) is 0 Å². The maximum Gasteiger partial charge on any atom is 0.336 e. The molecule has 0 bridgehead atoms. The Kier molecular flexibility index (Phi) is 5.22. The van der Waals surface area contributed by atoms with Gasteiger partial charge in [0.25, 0.3) is 0 Å². The van der Waals surface area contributed by atoms with Gasteiger partial charge in [0.15, 0.2) is 0 Å². The molecular weight excluding hydrogens is 307 g/mol. The molecule has 0 amide bonds. The van der Waals surface area contributed by atoms with Crippen molar-refractivity contribution in [2.24, 2.45) is 0 Å². The number of carboxylic acids is 4. The van der Waals surface area contributed by atoms with Crippen molar-refractivity contribution >= 4 is 23.9 Å². The first-order chi connectivity index (χ1) is 8.25. The van der Waals surface area contributed by atoms with E-state index in [0.717, 1.165) is 0 Å². The van der Waals surface area contributed by atoms with Crippen LogP contribution in [-0.4, -0.2) is 44.3 Å². The van der Waals surface area contributed by atoms with Crippen LogP contribution in [0.4, 0.5) is 0 Å². The van der Waals surface area contributed by atoms with Crippen LogP contribution in [0, 0.1) is 0 Å². The van der Waals surface area contributed by atoms with Gasteiger partial charge in [-0.05, 0) is 12.1 Å². The van der Waals surface area contributed by atoms with E-state index in [1.807, 2.05) is 0 Å². The zero-order valence-electron chi connectivity index (χ0n) is 8.91. The van der Waals surface area contributed by atoms with Crippen molar-refractivity contribution in [2.45, 2.75) is 0 Å². The second-order valence-corrected chi connectivity index (χ2v) is 3.16. The van der Waals surface area contributed by atoms with Crippen LogP contribution in [-0.2, 0) is 16.8 Å². The molecule has 0 atom stereocenters. The van der Waals surface area contributed by atoms with Crippen molar-refractivity contribution in [3.63, 3.8) is 0 Å². The van der Waals surface area contributed by atoms with Gasteiger partial charge in [0.05, 0.1) is 22.3 Å². The Bertz CT molecular complexity index is 479. The average Bonchev–Trinajstić information content (AvgIpc) is 2.26. The summed E-state index contributed by atoms with van der Waals surface area (Å²) in [6.45, 7) is 0. The van der Waals surface area contributed by atoms with E-state index in [9.17, 15) is 19.2 Å². The van der Waals surface area contributed by atoms with Crippen molar-refractivity contribution < 1.29 is 56.4 Å². The number of rotatable bonds is 4. The quantitative estimate of drug-likeness (QED) is 0.627. The summed E-state index contributed by atoms with van der Waals surface area (Å²) in [6, 6.07) is 1.02. The molecule has 1 aromatic rings. The molecule has 1 rings (SSSR count). The van der Waals surface area contributed by atoms with E-state index >= 15 is 0 Å². The third-order valence-corrected chi connectivity index (χ3v) is 2.08. The van der Waals surface area contributed by atoms with E-state index in [2.05, 4.69) is 0 Å². The fraction of sp³-hybridized carbons (Fsp3) is 0. The second-order valence-electron chi connectivity index (χ2n) is 3.16. The fourth-order valence-corrected chi connectivity index (χ4v) is 1.31. The summed E-state index contributed by atoms with van der Waals surface area (Å²) in [6.07, 6.45) is 0. The minimum absolute atomic E-state index is 0. The van der Waals surface area contributed by atoms with Gasteiger partial charge in [-0.2, -0.15) is 0 Å². The molecule has 1 radical (unpaired) electrons. The van der Waals surface area contributed by atoms with E-state index < -0.39 is 46.1 Å². The van der Waals surface area contributed by atoms with Gasteiger partial charge in [-0.25, -0.2) is 19.2 Å². The van der Waals surface area contributed by atoms with Crippen molar-refractivity contribution in [2.75, 3.05) is 0 Å². The molecule has 0 saturated heterocycles. The summed E-state index contributed by atoms with van der Waals surface area (Å²) >= 11 is 0. The van der Waals surface area contributed by atoms with Crippen LogP contribution in [0.3, 0.4) is 0 Å². The zero-order valence-corrected chi connectivity index (χ0v) is 9.95.